The van der Waals surface area contributed by atoms with E-state index >= 15 is 0 Å². The predicted molar refractivity (Wildman–Crippen MR) is 80.2 cm³/mol. The van der Waals surface area contributed by atoms with E-state index in [1.165, 1.54) is 4.90 Å². The van der Waals surface area contributed by atoms with E-state index in [1.807, 2.05) is 30.3 Å². The lowest BCUT2D eigenvalue weighted by atomic mass is 10.1. The average molecular weight is 314 g/mol. The van der Waals surface area contributed by atoms with Crippen molar-refractivity contribution in [3.63, 3.8) is 0 Å². The van der Waals surface area contributed by atoms with Crippen molar-refractivity contribution < 1.29 is 19.4 Å². The van der Waals surface area contributed by atoms with Crippen molar-refractivity contribution in [2.75, 3.05) is 13.3 Å². The first kappa shape index (κ1) is 15.0. The van der Waals surface area contributed by atoms with Crippen LogP contribution in [0.2, 0.25) is 0 Å². The van der Waals surface area contributed by atoms with Crippen LogP contribution in [-0.2, 0) is 4.74 Å². The Kier molecular flexibility index (Phi) is 3.94. The number of nitrogens with zero attached hydrogens (tertiary/aromatic N) is 1. The molecular weight excluding hydrogens is 300 g/mol. The van der Waals surface area contributed by atoms with Crippen molar-refractivity contribution >= 4 is 11.9 Å². The summed E-state index contributed by atoms with van der Waals surface area (Å²) in [4.78, 5) is 39.2. The molecule has 2 heterocycles. The van der Waals surface area contributed by atoms with Gasteiger partial charge in [0, 0.05) is 12.1 Å². The van der Waals surface area contributed by atoms with Gasteiger partial charge in [-0.05, 0) is 5.56 Å². The molecule has 2 N–H and O–H groups in total. The molecule has 1 aromatic heterocycles. The quantitative estimate of drug-likeness (QED) is 0.888. The van der Waals surface area contributed by atoms with Gasteiger partial charge in [0.25, 0.3) is 5.91 Å². The fraction of sp³-hybridized carbons (Fsp3) is 0.188. The lowest BCUT2D eigenvalue weighted by Crippen LogP contribution is -2.33. The third-order valence-corrected chi connectivity index (χ3v) is 3.63. The highest BCUT2D eigenvalue weighted by Crippen LogP contribution is 2.27. The topological polar surface area (TPSA) is 99.7 Å². The second kappa shape index (κ2) is 6.05. The van der Waals surface area contributed by atoms with Crippen molar-refractivity contribution in [1.29, 1.82) is 0 Å². The second-order valence-electron chi connectivity index (χ2n) is 5.15. The highest BCUT2D eigenvalue weighted by Gasteiger charge is 2.32. The van der Waals surface area contributed by atoms with Crippen LogP contribution in [0.25, 0.3) is 0 Å². The van der Waals surface area contributed by atoms with Crippen LogP contribution in [0.4, 0.5) is 0 Å². The van der Waals surface area contributed by atoms with Gasteiger partial charge < -0.3 is 19.7 Å². The van der Waals surface area contributed by atoms with Gasteiger partial charge in [-0.1, -0.05) is 30.3 Å². The van der Waals surface area contributed by atoms with Gasteiger partial charge >= 0.3 is 5.97 Å². The van der Waals surface area contributed by atoms with E-state index < -0.39 is 17.3 Å². The summed E-state index contributed by atoms with van der Waals surface area (Å²) >= 11 is 0. The second-order valence-corrected chi connectivity index (χ2v) is 5.15. The zero-order valence-electron chi connectivity index (χ0n) is 12.1. The van der Waals surface area contributed by atoms with Gasteiger partial charge in [-0.2, -0.15) is 0 Å². The Morgan fingerprint density at radius 3 is 2.57 bits per heavy atom. The standard InChI is InChI=1S/C16H14N2O5/c19-11-6-12(17-13(7-11)16(21)22)15(20)18-9-23-8-14(18)10-4-2-1-3-5-10/h1-7,14H,8-9H2,(H,17,19)(H,21,22)/t14-/m1/s1. The number of carboxylic acid groups (broad SMARTS) is 1. The first-order chi connectivity index (χ1) is 11.1. The number of carbonyl (C=O) groups excluding carboxylic acids is 1. The van der Waals surface area contributed by atoms with Crippen molar-refractivity contribution in [3.05, 3.63) is 69.6 Å². The minimum Gasteiger partial charge on any atom is -0.477 e. The zero-order valence-corrected chi connectivity index (χ0v) is 12.1. The molecule has 0 bridgehead atoms. The van der Waals surface area contributed by atoms with Crippen LogP contribution in [0.5, 0.6) is 0 Å². The molecule has 1 aliphatic rings. The van der Waals surface area contributed by atoms with Crippen LogP contribution < -0.4 is 5.43 Å². The Bertz CT molecular complexity index is 800. The molecule has 0 aliphatic carbocycles. The van der Waals surface area contributed by atoms with Crippen molar-refractivity contribution in [2.24, 2.45) is 0 Å². The first-order valence-electron chi connectivity index (χ1n) is 6.97. The number of carbonyl (C=O) groups is 2. The highest BCUT2D eigenvalue weighted by molar-refractivity contribution is 5.94. The molecule has 1 aromatic carbocycles. The van der Waals surface area contributed by atoms with Crippen LogP contribution in [0.1, 0.15) is 32.6 Å². The number of ether oxygens (including phenoxy) is 1. The Hall–Kier alpha value is -2.93. The molecule has 7 nitrogen and oxygen atoms in total. The number of benzene rings is 1. The molecule has 1 saturated heterocycles. The van der Waals surface area contributed by atoms with Crippen LogP contribution in [0.3, 0.4) is 0 Å². The molecule has 1 fully saturated rings. The van der Waals surface area contributed by atoms with Gasteiger partial charge in [-0.15, -0.1) is 0 Å². The molecule has 23 heavy (non-hydrogen) atoms. The molecule has 1 amide bonds. The molecule has 0 spiro atoms. The van der Waals surface area contributed by atoms with E-state index in [9.17, 15) is 14.4 Å². The molecule has 2 aromatic rings. The number of hydrogen-bond acceptors (Lipinski definition) is 4. The normalized spacial score (nSPS) is 17.2. The highest BCUT2D eigenvalue weighted by atomic mass is 16.5. The lowest BCUT2D eigenvalue weighted by molar-refractivity contribution is 0.0652. The molecular formula is C16H14N2O5. The summed E-state index contributed by atoms with van der Waals surface area (Å²) in [5.74, 6) is -1.77. The number of amides is 1. The van der Waals surface area contributed by atoms with Gasteiger partial charge in [-0.3, -0.25) is 9.59 Å². The summed E-state index contributed by atoms with van der Waals surface area (Å²) in [6, 6.07) is 11.1. The van der Waals surface area contributed by atoms with E-state index in [4.69, 9.17) is 9.84 Å². The van der Waals surface area contributed by atoms with Gasteiger partial charge in [0.15, 0.2) is 5.43 Å². The Morgan fingerprint density at radius 2 is 1.87 bits per heavy atom. The van der Waals surface area contributed by atoms with Gasteiger partial charge in [0.05, 0.1) is 12.6 Å². The molecule has 7 heteroatoms. The van der Waals surface area contributed by atoms with Crippen LogP contribution in [-0.4, -0.2) is 40.2 Å². The summed E-state index contributed by atoms with van der Waals surface area (Å²) in [5, 5.41) is 8.99. The summed E-state index contributed by atoms with van der Waals surface area (Å²) in [7, 11) is 0. The number of H-pyrrole nitrogens is 1. The first-order valence-corrected chi connectivity index (χ1v) is 6.97. The number of rotatable bonds is 3. The number of aromatic nitrogens is 1. The van der Waals surface area contributed by atoms with Crippen molar-refractivity contribution in [2.45, 2.75) is 6.04 Å². The maximum Gasteiger partial charge on any atom is 0.352 e. The molecule has 0 unspecified atom stereocenters. The largest absolute Gasteiger partial charge is 0.477 e. The van der Waals surface area contributed by atoms with Crippen molar-refractivity contribution in [3.8, 4) is 0 Å². The Balaban J connectivity index is 1.93. The van der Waals surface area contributed by atoms with E-state index in [-0.39, 0.29) is 24.2 Å². The Labute approximate surface area is 131 Å². The van der Waals surface area contributed by atoms with Gasteiger partial charge in [-0.25, -0.2) is 4.79 Å². The minimum absolute atomic E-state index is 0.0682. The molecule has 1 atom stereocenters. The predicted octanol–water partition coefficient (Wildman–Crippen LogP) is 1.24. The zero-order chi connectivity index (χ0) is 16.4. The molecule has 0 saturated carbocycles. The van der Waals surface area contributed by atoms with Crippen LogP contribution in [0, 0.1) is 0 Å². The van der Waals surface area contributed by atoms with E-state index in [2.05, 4.69) is 4.98 Å². The minimum atomic E-state index is -1.30. The fourth-order valence-corrected chi connectivity index (χ4v) is 2.52. The molecule has 118 valence electrons. The smallest absolute Gasteiger partial charge is 0.352 e. The number of pyridine rings is 1. The van der Waals surface area contributed by atoms with Crippen LogP contribution >= 0.6 is 0 Å². The van der Waals surface area contributed by atoms with Crippen molar-refractivity contribution in [1.82, 2.24) is 9.88 Å². The molecule has 0 radical (unpaired) electrons. The maximum absolute atomic E-state index is 12.6. The summed E-state index contributed by atoms with van der Waals surface area (Å²) in [6.45, 7) is 0.427. The number of aromatic amines is 1. The third kappa shape index (κ3) is 3.00. The fourth-order valence-electron chi connectivity index (χ4n) is 2.52. The Morgan fingerprint density at radius 1 is 1.17 bits per heavy atom. The number of carboxylic acids is 1. The van der Waals surface area contributed by atoms with Crippen LogP contribution in [0.15, 0.2) is 47.3 Å². The number of aromatic carboxylic acids is 1. The third-order valence-electron chi connectivity index (χ3n) is 3.63. The maximum atomic E-state index is 12.6. The average Bonchev–Trinajstić information content (AvgIpc) is 3.04. The van der Waals surface area contributed by atoms with Gasteiger partial charge in [0.1, 0.15) is 18.1 Å². The number of nitrogens with one attached hydrogen (secondary N) is 1. The number of hydrogen-bond donors (Lipinski definition) is 2. The summed E-state index contributed by atoms with van der Waals surface area (Å²) < 4.78 is 5.37. The molecule has 1 aliphatic heterocycles. The monoisotopic (exact) mass is 314 g/mol. The molecule has 3 rings (SSSR count). The summed E-state index contributed by atoms with van der Waals surface area (Å²) in [6.07, 6.45) is 0. The van der Waals surface area contributed by atoms with E-state index in [0.29, 0.717) is 6.61 Å². The van der Waals surface area contributed by atoms with Gasteiger partial charge in [0.2, 0.25) is 0 Å². The summed E-state index contributed by atoms with van der Waals surface area (Å²) in [5.41, 5.74) is -0.0190. The van der Waals surface area contributed by atoms with E-state index in [0.717, 1.165) is 17.7 Å². The SMILES string of the molecule is O=C(O)c1cc(=O)cc(C(=O)N2COC[C@@H]2c2ccccc2)[nH]1. The van der Waals surface area contributed by atoms with E-state index in [1.54, 1.807) is 0 Å². The lowest BCUT2D eigenvalue weighted by Gasteiger charge is -2.22.